The summed E-state index contributed by atoms with van der Waals surface area (Å²) in [6, 6.07) is 0. The number of rotatable bonds is 3. The van der Waals surface area contributed by atoms with Gasteiger partial charge in [0.05, 0.1) is 16.5 Å². The van der Waals surface area contributed by atoms with Gasteiger partial charge in [0.2, 0.25) is 5.91 Å². The van der Waals surface area contributed by atoms with E-state index in [1.807, 2.05) is 11.8 Å². The van der Waals surface area contributed by atoms with Gasteiger partial charge < -0.3 is 15.7 Å². The fourth-order valence-electron chi connectivity index (χ4n) is 3.49. The lowest BCUT2D eigenvalue weighted by atomic mass is 9.71. The second kappa shape index (κ2) is 5.75. The number of hydrogen-bond donors (Lipinski definition) is 2. The third kappa shape index (κ3) is 2.92. The fraction of sp³-hybridized carbons (Fsp3) is 0.857. The standard InChI is InChI=1S/C14H24N2O2S/c1-2-11(12(15)19)13(17)16-8-7-14(18)6-4-3-5-10(14)9-16/h10-11,18H,2-9H2,1H3,(H2,15,19). The Hall–Kier alpha value is -0.680. The molecule has 5 heteroatoms. The van der Waals surface area contributed by atoms with Gasteiger partial charge in [-0.1, -0.05) is 32.0 Å². The van der Waals surface area contributed by atoms with Crippen molar-refractivity contribution in [3.8, 4) is 0 Å². The van der Waals surface area contributed by atoms with Gasteiger partial charge in [-0.25, -0.2) is 0 Å². The largest absolute Gasteiger partial charge is 0.393 e. The molecule has 0 aromatic rings. The number of nitrogens with two attached hydrogens (primary N) is 1. The minimum atomic E-state index is -0.542. The molecular weight excluding hydrogens is 260 g/mol. The predicted molar refractivity (Wildman–Crippen MR) is 78.7 cm³/mol. The van der Waals surface area contributed by atoms with Crippen molar-refractivity contribution < 1.29 is 9.90 Å². The molecule has 4 nitrogen and oxygen atoms in total. The zero-order valence-electron chi connectivity index (χ0n) is 11.6. The molecule has 2 fully saturated rings. The molecule has 1 amide bonds. The molecule has 2 rings (SSSR count). The number of thiocarbonyl (C=S) groups is 1. The van der Waals surface area contributed by atoms with E-state index in [0.717, 1.165) is 25.7 Å². The topological polar surface area (TPSA) is 66.6 Å². The van der Waals surface area contributed by atoms with Gasteiger partial charge in [0.15, 0.2) is 0 Å². The minimum absolute atomic E-state index is 0.0441. The van der Waals surface area contributed by atoms with Gasteiger partial charge in [-0.3, -0.25) is 4.79 Å². The smallest absolute Gasteiger partial charge is 0.232 e. The average Bonchev–Trinajstić information content (AvgIpc) is 2.37. The number of carbonyl (C=O) groups excluding carboxylic acids is 1. The highest BCUT2D eigenvalue weighted by molar-refractivity contribution is 7.80. The van der Waals surface area contributed by atoms with Crippen LogP contribution >= 0.6 is 12.2 Å². The number of piperidine rings is 1. The lowest BCUT2D eigenvalue weighted by Crippen LogP contribution is -2.56. The van der Waals surface area contributed by atoms with Gasteiger partial charge in [0, 0.05) is 19.0 Å². The summed E-state index contributed by atoms with van der Waals surface area (Å²) in [6.45, 7) is 3.22. The van der Waals surface area contributed by atoms with Crippen molar-refractivity contribution >= 4 is 23.1 Å². The molecule has 1 saturated carbocycles. The number of nitrogens with zero attached hydrogens (tertiary/aromatic N) is 1. The first-order valence-electron chi connectivity index (χ1n) is 7.28. The van der Waals surface area contributed by atoms with Gasteiger partial charge in [-0.2, -0.15) is 0 Å². The van der Waals surface area contributed by atoms with Crippen LogP contribution in [0.2, 0.25) is 0 Å². The number of carbonyl (C=O) groups is 1. The summed E-state index contributed by atoms with van der Waals surface area (Å²) < 4.78 is 0. The molecule has 3 unspecified atom stereocenters. The second-order valence-electron chi connectivity index (χ2n) is 5.94. The van der Waals surface area contributed by atoms with Crippen LogP contribution < -0.4 is 5.73 Å². The summed E-state index contributed by atoms with van der Waals surface area (Å²) >= 11 is 4.98. The van der Waals surface area contributed by atoms with Crippen molar-refractivity contribution in [3.63, 3.8) is 0 Å². The molecule has 0 bridgehead atoms. The molecule has 1 aliphatic carbocycles. The molecule has 0 spiro atoms. The van der Waals surface area contributed by atoms with Crippen LogP contribution in [0.4, 0.5) is 0 Å². The molecule has 108 valence electrons. The molecule has 1 heterocycles. The van der Waals surface area contributed by atoms with Crippen molar-refractivity contribution in [2.24, 2.45) is 17.6 Å². The van der Waals surface area contributed by atoms with Crippen LogP contribution in [0.1, 0.15) is 45.4 Å². The van der Waals surface area contributed by atoms with Crippen LogP contribution in [-0.2, 0) is 4.79 Å². The number of amides is 1. The van der Waals surface area contributed by atoms with Crippen molar-refractivity contribution in [3.05, 3.63) is 0 Å². The molecule has 1 aliphatic heterocycles. The number of likely N-dealkylation sites (tertiary alicyclic amines) is 1. The maximum atomic E-state index is 12.4. The Bertz CT molecular complexity index is 374. The molecule has 3 atom stereocenters. The van der Waals surface area contributed by atoms with Crippen molar-refractivity contribution in [2.75, 3.05) is 13.1 Å². The summed E-state index contributed by atoms with van der Waals surface area (Å²) in [7, 11) is 0. The van der Waals surface area contributed by atoms with Crippen LogP contribution in [0.25, 0.3) is 0 Å². The van der Waals surface area contributed by atoms with E-state index in [2.05, 4.69) is 0 Å². The van der Waals surface area contributed by atoms with E-state index >= 15 is 0 Å². The van der Waals surface area contributed by atoms with Crippen LogP contribution in [-0.4, -0.2) is 39.6 Å². The molecule has 2 aliphatic rings. The Morgan fingerprint density at radius 2 is 2.26 bits per heavy atom. The van der Waals surface area contributed by atoms with E-state index < -0.39 is 5.60 Å². The van der Waals surface area contributed by atoms with E-state index in [1.165, 1.54) is 0 Å². The Morgan fingerprint density at radius 1 is 1.53 bits per heavy atom. The summed E-state index contributed by atoms with van der Waals surface area (Å²) in [5.74, 6) is -0.0739. The van der Waals surface area contributed by atoms with Gasteiger partial charge in [-0.15, -0.1) is 0 Å². The van der Waals surface area contributed by atoms with Crippen LogP contribution in [0, 0.1) is 11.8 Å². The van der Waals surface area contributed by atoms with E-state index in [1.54, 1.807) is 0 Å². The lowest BCUT2D eigenvalue weighted by Gasteiger charge is -2.47. The average molecular weight is 284 g/mol. The summed E-state index contributed by atoms with van der Waals surface area (Å²) in [5.41, 5.74) is 5.11. The summed E-state index contributed by atoms with van der Waals surface area (Å²) in [5, 5.41) is 10.6. The first kappa shape index (κ1) is 14.7. The van der Waals surface area contributed by atoms with E-state index in [0.29, 0.717) is 25.9 Å². The molecule has 0 aromatic heterocycles. The summed E-state index contributed by atoms with van der Waals surface area (Å²) in [4.78, 5) is 14.6. The third-order valence-corrected chi connectivity index (χ3v) is 5.07. The van der Waals surface area contributed by atoms with Crippen molar-refractivity contribution in [1.82, 2.24) is 4.90 Å². The number of hydrogen-bond acceptors (Lipinski definition) is 3. The second-order valence-corrected chi connectivity index (χ2v) is 6.42. The lowest BCUT2D eigenvalue weighted by molar-refractivity contribution is -0.145. The van der Waals surface area contributed by atoms with Crippen molar-refractivity contribution in [2.45, 2.75) is 51.0 Å². The maximum Gasteiger partial charge on any atom is 0.232 e. The van der Waals surface area contributed by atoms with E-state index in [4.69, 9.17) is 18.0 Å². The summed E-state index contributed by atoms with van der Waals surface area (Å²) in [6.07, 6.45) is 5.50. The molecule has 19 heavy (non-hydrogen) atoms. The SMILES string of the molecule is CCC(C(=O)N1CCC2(O)CCCCC2C1)C(N)=S. The molecular formula is C14H24N2O2S. The van der Waals surface area contributed by atoms with Gasteiger partial charge in [0.1, 0.15) is 0 Å². The third-order valence-electron chi connectivity index (χ3n) is 4.79. The minimum Gasteiger partial charge on any atom is -0.393 e. The van der Waals surface area contributed by atoms with Crippen LogP contribution in [0.15, 0.2) is 0 Å². The van der Waals surface area contributed by atoms with Gasteiger partial charge in [0.25, 0.3) is 0 Å². The zero-order chi connectivity index (χ0) is 14.0. The van der Waals surface area contributed by atoms with Crippen LogP contribution in [0.5, 0.6) is 0 Å². The Labute approximate surface area is 120 Å². The highest BCUT2D eigenvalue weighted by Crippen LogP contribution is 2.40. The Morgan fingerprint density at radius 3 is 2.89 bits per heavy atom. The van der Waals surface area contributed by atoms with E-state index in [-0.39, 0.29) is 22.7 Å². The van der Waals surface area contributed by atoms with Gasteiger partial charge in [-0.05, 0) is 25.7 Å². The maximum absolute atomic E-state index is 12.4. The monoisotopic (exact) mass is 284 g/mol. The normalized spacial score (nSPS) is 32.5. The highest BCUT2D eigenvalue weighted by atomic mass is 32.1. The molecule has 3 N–H and O–H groups in total. The molecule has 0 aromatic carbocycles. The Balaban J connectivity index is 2.04. The Kier molecular flexibility index (Phi) is 4.46. The molecule has 0 radical (unpaired) electrons. The fourth-order valence-corrected chi connectivity index (χ4v) is 3.76. The number of aliphatic hydroxyl groups is 1. The van der Waals surface area contributed by atoms with Gasteiger partial charge >= 0.3 is 0 Å². The van der Waals surface area contributed by atoms with E-state index in [9.17, 15) is 9.90 Å². The molecule has 1 saturated heterocycles. The number of fused-ring (bicyclic) bond motifs is 1. The zero-order valence-corrected chi connectivity index (χ0v) is 12.4. The highest BCUT2D eigenvalue weighted by Gasteiger charge is 2.44. The predicted octanol–water partition coefficient (Wildman–Crippen LogP) is 1.45. The first-order chi connectivity index (χ1) is 8.98. The van der Waals surface area contributed by atoms with Crippen molar-refractivity contribution in [1.29, 1.82) is 0 Å². The van der Waals surface area contributed by atoms with Crippen LogP contribution in [0.3, 0.4) is 0 Å². The first-order valence-corrected chi connectivity index (χ1v) is 7.69. The quantitative estimate of drug-likeness (QED) is 0.770.